The van der Waals surface area contributed by atoms with E-state index in [2.05, 4.69) is 75.4 Å². The molecule has 1 saturated heterocycles. The second-order valence-electron chi connectivity index (χ2n) is 13.8. The van der Waals surface area contributed by atoms with Crippen LogP contribution < -0.4 is 14.8 Å². The third-order valence-electron chi connectivity index (χ3n) is 10.1. The Balaban J connectivity index is 1.53. The van der Waals surface area contributed by atoms with Crippen molar-refractivity contribution in [3.8, 4) is 5.75 Å². The van der Waals surface area contributed by atoms with Crippen molar-refractivity contribution >= 4 is 36.5 Å². The molecule has 8 nitrogen and oxygen atoms in total. The number of halogens is 1. The number of methoxy groups -OCH3 is 1. The molecule has 0 bridgehead atoms. The molecule has 0 saturated carbocycles. The third kappa shape index (κ3) is 7.00. The van der Waals surface area contributed by atoms with Crippen LogP contribution >= 0.6 is 11.6 Å². The largest absolute Gasteiger partial charge is 0.497 e. The summed E-state index contributed by atoms with van der Waals surface area (Å²) in [4.78, 5) is 16.8. The average molecular weight is 677 g/mol. The van der Waals surface area contributed by atoms with Crippen LogP contribution in [-0.4, -0.2) is 60.4 Å². The predicted molar refractivity (Wildman–Crippen MR) is 191 cm³/mol. The summed E-state index contributed by atoms with van der Waals surface area (Å²) in [6, 6.07) is 14.2. The van der Waals surface area contributed by atoms with Gasteiger partial charge < -0.3 is 19.5 Å². The summed E-state index contributed by atoms with van der Waals surface area (Å²) < 4.78 is 14.5. The van der Waals surface area contributed by atoms with E-state index in [0.717, 1.165) is 35.5 Å². The normalized spacial score (nSPS) is 22.7. The van der Waals surface area contributed by atoms with E-state index in [0.29, 0.717) is 31.0 Å². The van der Waals surface area contributed by atoms with Crippen LogP contribution in [0.2, 0.25) is 23.7 Å². The van der Waals surface area contributed by atoms with E-state index in [1.165, 1.54) is 16.3 Å². The number of anilines is 1. The number of fused-ring (bicyclic) bond motifs is 2. The van der Waals surface area contributed by atoms with E-state index in [1.54, 1.807) is 7.11 Å². The lowest BCUT2D eigenvalue weighted by Gasteiger charge is -2.37. The van der Waals surface area contributed by atoms with Crippen molar-refractivity contribution < 1.29 is 19.4 Å². The van der Waals surface area contributed by atoms with Crippen molar-refractivity contribution in [2.45, 2.75) is 90.3 Å². The highest BCUT2D eigenvalue weighted by molar-refractivity contribution is 6.91. The second-order valence-corrected chi connectivity index (χ2v) is 19.0. The third-order valence-corrected chi connectivity index (χ3v) is 14.7. The van der Waals surface area contributed by atoms with Gasteiger partial charge in [-0.2, -0.15) is 0 Å². The van der Waals surface area contributed by atoms with Gasteiger partial charge in [0, 0.05) is 48.8 Å². The minimum atomic E-state index is -2.27. The molecule has 1 spiro atoms. The fourth-order valence-electron chi connectivity index (χ4n) is 7.61. The van der Waals surface area contributed by atoms with E-state index >= 15 is 0 Å². The molecule has 3 heterocycles. The van der Waals surface area contributed by atoms with Crippen LogP contribution in [0, 0.1) is 5.92 Å². The number of aliphatic hydroxyl groups is 1. The van der Waals surface area contributed by atoms with Gasteiger partial charge in [0.05, 0.1) is 32.7 Å². The highest BCUT2D eigenvalue weighted by Gasteiger charge is 2.66. The number of allylic oxidation sites excluding steroid dienone is 3. The summed E-state index contributed by atoms with van der Waals surface area (Å²) >= 11 is 6.65. The van der Waals surface area contributed by atoms with Crippen molar-refractivity contribution in [3.63, 3.8) is 0 Å². The fourth-order valence-corrected chi connectivity index (χ4v) is 11.8. The Morgan fingerprint density at radius 2 is 1.89 bits per heavy atom. The van der Waals surface area contributed by atoms with Crippen molar-refractivity contribution in [2.24, 2.45) is 5.92 Å². The number of benzene rings is 2. The Morgan fingerprint density at radius 3 is 2.57 bits per heavy atom. The van der Waals surface area contributed by atoms with Crippen molar-refractivity contribution in [3.05, 3.63) is 88.2 Å². The van der Waals surface area contributed by atoms with E-state index in [1.807, 2.05) is 46.1 Å². The number of amides is 1. The first-order valence-electron chi connectivity index (χ1n) is 16.7. The molecular formula is C37H49ClN4O4Si. The summed E-state index contributed by atoms with van der Waals surface area (Å²) in [7, 11) is -0.594. The first-order chi connectivity index (χ1) is 22.4. The predicted octanol–water partition coefficient (Wildman–Crippen LogP) is 6.82. The zero-order valence-electron chi connectivity index (χ0n) is 28.8. The molecule has 2 aromatic carbocycles. The minimum absolute atomic E-state index is 0.0198. The molecule has 5 rings (SSSR count). The monoisotopic (exact) mass is 676 g/mol. The number of hydrogen-bond donors (Lipinski definition) is 1. The highest BCUT2D eigenvalue weighted by Crippen LogP contribution is 2.60. The summed E-state index contributed by atoms with van der Waals surface area (Å²) in [5, 5.41) is 19.8. The molecular weight excluding hydrogens is 628 g/mol. The lowest BCUT2D eigenvalue weighted by atomic mass is 9.82. The second kappa shape index (κ2) is 14.5. The molecule has 2 aliphatic rings. The van der Waals surface area contributed by atoms with Crippen LogP contribution in [0.15, 0.2) is 72.0 Å². The molecule has 47 heavy (non-hydrogen) atoms. The molecule has 0 unspecified atom stereocenters. The number of hydrogen-bond acceptors (Lipinski definition) is 6. The Labute approximate surface area is 285 Å². The summed E-state index contributed by atoms with van der Waals surface area (Å²) in [5.74, 6) is 0.685. The molecule has 1 fully saturated rings. The highest BCUT2D eigenvalue weighted by atomic mass is 35.5. The molecule has 252 valence electrons. The first kappa shape index (κ1) is 35.1. The maximum atomic E-state index is 14.9. The van der Waals surface area contributed by atoms with Crippen LogP contribution in [0.3, 0.4) is 0 Å². The number of ether oxygens (including phenoxy) is 2. The molecule has 3 aromatic rings. The van der Waals surface area contributed by atoms with Gasteiger partial charge >= 0.3 is 0 Å². The lowest BCUT2D eigenvalue weighted by molar-refractivity contribution is -0.145. The molecule has 1 aromatic heterocycles. The van der Waals surface area contributed by atoms with Crippen molar-refractivity contribution in [1.29, 1.82) is 0 Å². The number of nitrogens with zero attached hydrogens (tertiary/aromatic N) is 4. The zero-order valence-corrected chi connectivity index (χ0v) is 30.6. The number of rotatable bonds is 13. The maximum absolute atomic E-state index is 14.9. The van der Waals surface area contributed by atoms with Gasteiger partial charge in [-0.05, 0) is 75.9 Å². The maximum Gasteiger partial charge on any atom is 0.264 e. The van der Waals surface area contributed by atoms with Gasteiger partial charge in [0.15, 0.2) is 5.60 Å². The zero-order chi connectivity index (χ0) is 33.9. The van der Waals surface area contributed by atoms with E-state index < -0.39 is 13.7 Å². The van der Waals surface area contributed by atoms with E-state index in [9.17, 15) is 9.90 Å². The summed E-state index contributed by atoms with van der Waals surface area (Å²) in [6.07, 6.45) is 9.16. The smallest absolute Gasteiger partial charge is 0.264 e. The van der Waals surface area contributed by atoms with Crippen LogP contribution in [0.25, 0.3) is 0 Å². The van der Waals surface area contributed by atoms with Gasteiger partial charge in [0.2, 0.25) is 0 Å². The van der Waals surface area contributed by atoms with E-state index in [4.69, 9.17) is 21.1 Å². The van der Waals surface area contributed by atoms with Crippen molar-refractivity contribution in [1.82, 2.24) is 15.0 Å². The summed E-state index contributed by atoms with van der Waals surface area (Å²) in [6.45, 7) is 14.4. The van der Waals surface area contributed by atoms with E-state index in [-0.39, 0.29) is 30.1 Å². The average Bonchev–Trinajstić information content (AvgIpc) is 3.68. The molecule has 1 N–H and O–H groups in total. The number of carbonyl (C=O) groups excluding carboxylic acids is 1. The lowest BCUT2D eigenvalue weighted by Crippen LogP contribution is -2.52. The van der Waals surface area contributed by atoms with Crippen LogP contribution in [0.5, 0.6) is 5.75 Å². The van der Waals surface area contributed by atoms with Gasteiger partial charge in [0.25, 0.3) is 5.91 Å². The Bertz CT molecular complexity index is 1630. The summed E-state index contributed by atoms with van der Waals surface area (Å²) in [5.41, 5.74) is 4.00. The van der Waals surface area contributed by atoms with Crippen LogP contribution in [0.1, 0.15) is 58.2 Å². The number of carbonyl (C=O) groups is 1. The molecule has 0 aliphatic carbocycles. The van der Waals surface area contributed by atoms with Gasteiger partial charge in [0.1, 0.15) is 5.75 Å². The SMILES string of the molecule is COc1ccc([Si](C)(C)[C@H]2[C@H](CCn3cc(CCO)nn3)O[C@@]3(C(=O)N(C/C=C(\C)CCC=C(C)C)c4ccc(Cl)cc43)[C@@H]2C)cc1. The first-order valence-corrected chi connectivity index (χ1v) is 20.1. The molecule has 0 radical (unpaired) electrons. The van der Waals surface area contributed by atoms with Crippen molar-refractivity contribution in [2.75, 3.05) is 25.2 Å². The molecule has 4 atom stereocenters. The number of aliphatic hydroxyl groups excluding tert-OH is 1. The quantitative estimate of drug-likeness (QED) is 0.158. The Morgan fingerprint density at radius 1 is 1.15 bits per heavy atom. The van der Waals surface area contributed by atoms with Crippen LogP contribution in [0.4, 0.5) is 5.69 Å². The molecule has 2 aliphatic heterocycles. The fraction of sp³-hybridized carbons (Fsp3) is 0.486. The Hall–Kier alpha value is -3.24. The minimum Gasteiger partial charge on any atom is -0.497 e. The number of aryl methyl sites for hydroxylation is 1. The molecule has 1 amide bonds. The Kier molecular flexibility index (Phi) is 10.8. The molecule has 10 heteroatoms. The van der Waals surface area contributed by atoms with Gasteiger partial charge in [-0.3, -0.25) is 9.48 Å². The van der Waals surface area contributed by atoms with Gasteiger partial charge in [-0.25, -0.2) is 0 Å². The standard InChI is InChI=1S/C37H49ClN4O4Si/c1-25(2)9-8-10-26(3)17-21-42-33-16-11-28(38)23-32(33)37(36(42)44)27(4)35(47(6,7)31-14-12-30(45-5)13-15-31)34(46-37)18-20-41-24-29(19-22-43)39-40-41/h9,11-17,23-24,27,34-35,43H,8,10,18-22H2,1-7H3/b26-17+/t27-,34+,35-,37+/m1/s1. The van der Waals surface area contributed by atoms with Gasteiger partial charge in [-0.1, -0.05) is 77.4 Å². The number of aromatic nitrogens is 3. The van der Waals surface area contributed by atoms with Gasteiger partial charge in [-0.15, -0.1) is 5.10 Å². The topological polar surface area (TPSA) is 89.7 Å². The van der Waals surface area contributed by atoms with Crippen LogP contribution in [-0.2, 0) is 28.1 Å².